The number of fused-ring (bicyclic) bond motifs is 1. The number of halogens is 2. The number of aryl methyl sites for hydroxylation is 1. The highest BCUT2D eigenvalue weighted by molar-refractivity contribution is 5.78. The van der Waals surface area contributed by atoms with Crippen LogP contribution in [0.5, 0.6) is 5.75 Å². The Kier molecular flexibility index (Phi) is 6.46. The van der Waals surface area contributed by atoms with E-state index < -0.39 is 18.2 Å². The SMILES string of the molecule is Cc1nc2ccc(-c3cnc(N4CCOC(C)(C(=O)O)C4)nc3)cn2c1Cc1ccccc1OC(F)F. The van der Waals surface area contributed by atoms with Crippen LogP contribution < -0.4 is 9.64 Å². The summed E-state index contributed by atoms with van der Waals surface area (Å²) in [6.45, 7) is 1.40. The summed E-state index contributed by atoms with van der Waals surface area (Å²) in [4.78, 5) is 26.9. The third-order valence-corrected chi connectivity index (χ3v) is 6.45. The van der Waals surface area contributed by atoms with Gasteiger partial charge in [0.05, 0.1) is 18.8 Å². The van der Waals surface area contributed by atoms with Crippen LogP contribution in [0.2, 0.25) is 0 Å². The van der Waals surface area contributed by atoms with E-state index in [1.54, 1.807) is 35.5 Å². The molecule has 0 radical (unpaired) electrons. The highest BCUT2D eigenvalue weighted by Gasteiger charge is 2.40. The molecule has 9 nitrogen and oxygen atoms in total. The van der Waals surface area contributed by atoms with Crippen LogP contribution in [0.1, 0.15) is 23.9 Å². The highest BCUT2D eigenvalue weighted by atomic mass is 19.3. The molecule has 4 heterocycles. The van der Waals surface area contributed by atoms with Crippen LogP contribution in [0.3, 0.4) is 0 Å². The molecule has 0 aliphatic carbocycles. The summed E-state index contributed by atoms with van der Waals surface area (Å²) >= 11 is 0. The first-order valence-electron chi connectivity index (χ1n) is 11.7. The lowest BCUT2D eigenvalue weighted by Gasteiger charge is -2.37. The minimum Gasteiger partial charge on any atom is -0.479 e. The summed E-state index contributed by atoms with van der Waals surface area (Å²) in [5.41, 5.74) is 3.27. The number of aliphatic carboxylic acids is 1. The number of ether oxygens (including phenoxy) is 2. The quantitative estimate of drug-likeness (QED) is 0.399. The molecule has 1 fully saturated rings. The number of rotatable bonds is 7. The van der Waals surface area contributed by atoms with Gasteiger partial charge in [-0.2, -0.15) is 8.78 Å². The largest absolute Gasteiger partial charge is 0.479 e. The van der Waals surface area contributed by atoms with Gasteiger partial charge in [-0.3, -0.25) is 0 Å². The van der Waals surface area contributed by atoms with Gasteiger partial charge >= 0.3 is 12.6 Å². The Morgan fingerprint density at radius 3 is 2.68 bits per heavy atom. The number of carbonyl (C=O) groups is 1. The van der Waals surface area contributed by atoms with Gasteiger partial charge in [0, 0.05) is 53.9 Å². The van der Waals surface area contributed by atoms with Crippen molar-refractivity contribution < 1.29 is 28.2 Å². The zero-order valence-electron chi connectivity index (χ0n) is 20.3. The van der Waals surface area contributed by atoms with Gasteiger partial charge < -0.3 is 23.9 Å². The number of morpholine rings is 1. The lowest BCUT2D eigenvalue weighted by Crippen LogP contribution is -2.55. The van der Waals surface area contributed by atoms with Crippen molar-refractivity contribution in [3.63, 3.8) is 0 Å². The van der Waals surface area contributed by atoms with Gasteiger partial charge in [0.25, 0.3) is 0 Å². The first kappa shape index (κ1) is 24.6. The van der Waals surface area contributed by atoms with Crippen molar-refractivity contribution in [1.29, 1.82) is 0 Å². The maximum atomic E-state index is 12.9. The second-order valence-corrected chi connectivity index (χ2v) is 9.03. The molecule has 192 valence electrons. The Hall–Kier alpha value is -4.12. The summed E-state index contributed by atoms with van der Waals surface area (Å²) in [5, 5.41) is 9.47. The second-order valence-electron chi connectivity index (χ2n) is 9.03. The van der Waals surface area contributed by atoms with E-state index in [9.17, 15) is 18.7 Å². The zero-order chi connectivity index (χ0) is 26.2. The van der Waals surface area contributed by atoms with Crippen molar-refractivity contribution in [2.24, 2.45) is 0 Å². The van der Waals surface area contributed by atoms with E-state index in [2.05, 4.69) is 15.0 Å². The molecule has 1 atom stereocenters. The molecule has 5 rings (SSSR count). The fourth-order valence-corrected chi connectivity index (χ4v) is 4.44. The Labute approximate surface area is 211 Å². The lowest BCUT2D eigenvalue weighted by atomic mass is 10.1. The summed E-state index contributed by atoms with van der Waals surface area (Å²) in [5.74, 6) is -0.471. The molecule has 37 heavy (non-hydrogen) atoms. The maximum absolute atomic E-state index is 12.9. The molecule has 1 aliphatic heterocycles. The third-order valence-electron chi connectivity index (χ3n) is 6.45. The van der Waals surface area contributed by atoms with Crippen LogP contribution in [-0.4, -0.2) is 62.3 Å². The number of carboxylic acid groups (broad SMARTS) is 1. The van der Waals surface area contributed by atoms with Gasteiger partial charge in [-0.25, -0.2) is 19.7 Å². The van der Waals surface area contributed by atoms with E-state index in [0.29, 0.717) is 24.5 Å². The van der Waals surface area contributed by atoms with Crippen molar-refractivity contribution >= 4 is 17.6 Å². The van der Waals surface area contributed by atoms with Gasteiger partial charge in [-0.05, 0) is 32.0 Å². The molecule has 0 bridgehead atoms. The Morgan fingerprint density at radius 2 is 1.95 bits per heavy atom. The van der Waals surface area contributed by atoms with Crippen LogP contribution in [0.15, 0.2) is 55.0 Å². The van der Waals surface area contributed by atoms with Crippen LogP contribution in [-0.2, 0) is 16.0 Å². The maximum Gasteiger partial charge on any atom is 0.387 e. The van der Waals surface area contributed by atoms with E-state index in [0.717, 1.165) is 28.2 Å². The molecule has 0 saturated carbocycles. The van der Waals surface area contributed by atoms with Crippen LogP contribution in [0.25, 0.3) is 16.8 Å². The molecule has 0 amide bonds. The van der Waals surface area contributed by atoms with E-state index in [4.69, 9.17) is 9.47 Å². The number of benzene rings is 1. The van der Waals surface area contributed by atoms with Gasteiger partial charge in [-0.15, -0.1) is 0 Å². The first-order chi connectivity index (χ1) is 17.7. The molecule has 1 unspecified atom stereocenters. The molecule has 1 aliphatic rings. The van der Waals surface area contributed by atoms with E-state index in [-0.39, 0.29) is 18.9 Å². The smallest absolute Gasteiger partial charge is 0.387 e. The Morgan fingerprint density at radius 1 is 1.19 bits per heavy atom. The summed E-state index contributed by atoms with van der Waals surface area (Å²) in [7, 11) is 0. The summed E-state index contributed by atoms with van der Waals surface area (Å²) in [6, 6.07) is 10.5. The van der Waals surface area contributed by atoms with Gasteiger partial charge in [-0.1, -0.05) is 18.2 Å². The molecule has 0 spiro atoms. The summed E-state index contributed by atoms with van der Waals surface area (Å²) in [6.07, 6.45) is 5.64. The lowest BCUT2D eigenvalue weighted by molar-refractivity contribution is -0.164. The number of para-hydroxylation sites is 1. The number of anilines is 1. The number of hydrogen-bond donors (Lipinski definition) is 1. The highest BCUT2D eigenvalue weighted by Crippen LogP contribution is 2.28. The minimum absolute atomic E-state index is 0.133. The summed E-state index contributed by atoms with van der Waals surface area (Å²) < 4.78 is 37.8. The molecular formula is C26H25F2N5O4. The average molecular weight is 510 g/mol. The van der Waals surface area contributed by atoms with Crippen LogP contribution in [0.4, 0.5) is 14.7 Å². The van der Waals surface area contributed by atoms with Gasteiger partial charge in [0.1, 0.15) is 11.4 Å². The van der Waals surface area contributed by atoms with Crippen molar-refractivity contribution in [1.82, 2.24) is 19.4 Å². The zero-order valence-corrected chi connectivity index (χ0v) is 20.3. The Bertz CT molecular complexity index is 1440. The number of imidazole rings is 1. The Balaban J connectivity index is 1.43. The average Bonchev–Trinajstić information content (AvgIpc) is 3.19. The third kappa shape index (κ3) is 4.94. The standard InChI is InChI=1S/C26H25F2N5O4/c1-16-20(11-17-5-3-4-6-21(17)37-24(27)28)33-14-18(7-8-22(33)31-16)19-12-29-25(30-13-19)32-9-10-36-26(2,15-32)23(34)35/h3-8,12-14,24H,9-11,15H2,1-2H3,(H,34,35). The molecule has 11 heteroatoms. The van der Waals surface area contributed by atoms with E-state index in [1.165, 1.54) is 13.0 Å². The van der Waals surface area contributed by atoms with Crippen molar-refractivity contribution in [2.75, 3.05) is 24.6 Å². The van der Waals surface area contributed by atoms with Crippen LogP contribution in [0, 0.1) is 6.92 Å². The predicted molar refractivity (Wildman–Crippen MR) is 131 cm³/mol. The number of aromatic nitrogens is 4. The van der Waals surface area contributed by atoms with Crippen molar-refractivity contribution in [3.05, 3.63) is 71.9 Å². The second kappa shape index (κ2) is 9.74. The molecule has 1 saturated heterocycles. The number of nitrogens with zero attached hydrogens (tertiary/aromatic N) is 5. The topological polar surface area (TPSA) is 102 Å². The molecule has 3 aromatic heterocycles. The van der Waals surface area contributed by atoms with Crippen molar-refractivity contribution in [3.8, 4) is 16.9 Å². The molecule has 1 aromatic carbocycles. The monoisotopic (exact) mass is 509 g/mol. The minimum atomic E-state index is -2.91. The fraction of sp³-hybridized carbons (Fsp3) is 0.308. The molecule has 1 N–H and O–H groups in total. The fourth-order valence-electron chi connectivity index (χ4n) is 4.44. The van der Waals surface area contributed by atoms with Gasteiger partial charge in [0.15, 0.2) is 5.60 Å². The predicted octanol–water partition coefficient (Wildman–Crippen LogP) is 3.97. The van der Waals surface area contributed by atoms with E-state index in [1.807, 2.05) is 29.7 Å². The van der Waals surface area contributed by atoms with Crippen molar-refractivity contribution in [2.45, 2.75) is 32.5 Å². The first-order valence-corrected chi connectivity index (χ1v) is 11.7. The molecular weight excluding hydrogens is 484 g/mol. The van der Waals surface area contributed by atoms with Crippen LogP contribution >= 0.6 is 0 Å². The van der Waals surface area contributed by atoms with Gasteiger partial charge in [0.2, 0.25) is 5.95 Å². The number of hydrogen-bond acceptors (Lipinski definition) is 7. The number of alkyl halides is 2. The molecule has 4 aromatic rings. The number of carboxylic acids is 1. The van der Waals surface area contributed by atoms with E-state index >= 15 is 0 Å². The number of pyridine rings is 1. The normalized spacial score (nSPS) is 17.9.